The molecule has 0 unspecified atom stereocenters. The number of aliphatic hydroxyl groups is 3. The number of hydrogen-bond acceptors (Lipinski definition) is 5. The van der Waals surface area contributed by atoms with Crippen molar-refractivity contribution < 1.29 is 24.9 Å². The van der Waals surface area contributed by atoms with Crippen LogP contribution in [0.15, 0.2) is 0 Å². The fourth-order valence-electron chi connectivity index (χ4n) is 1.16. The molecule has 12 heavy (non-hydrogen) atoms. The SMILES string of the molecule is O=C1O[C@H](C[C@H](O)CO)C[C@@H]1O. The number of aliphatic hydroxyl groups excluding tert-OH is 3. The third-order valence-electron chi connectivity index (χ3n) is 1.79. The van der Waals surface area contributed by atoms with E-state index < -0.39 is 24.3 Å². The Morgan fingerprint density at radius 1 is 1.67 bits per heavy atom. The first-order valence-electron chi connectivity index (χ1n) is 3.81. The van der Waals surface area contributed by atoms with Crippen molar-refractivity contribution in [3.8, 4) is 0 Å². The van der Waals surface area contributed by atoms with Gasteiger partial charge in [-0.3, -0.25) is 0 Å². The van der Waals surface area contributed by atoms with Crippen LogP contribution in [-0.4, -0.2) is 46.2 Å². The number of esters is 1. The summed E-state index contributed by atoms with van der Waals surface area (Å²) < 4.78 is 4.69. The van der Waals surface area contributed by atoms with E-state index in [2.05, 4.69) is 4.74 Å². The van der Waals surface area contributed by atoms with Gasteiger partial charge in [-0.1, -0.05) is 0 Å². The first-order valence-corrected chi connectivity index (χ1v) is 3.81. The maximum absolute atomic E-state index is 10.6. The van der Waals surface area contributed by atoms with E-state index in [1.54, 1.807) is 0 Å². The lowest BCUT2D eigenvalue weighted by Gasteiger charge is -2.11. The van der Waals surface area contributed by atoms with Crippen molar-refractivity contribution in [2.75, 3.05) is 6.61 Å². The maximum Gasteiger partial charge on any atom is 0.335 e. The molecule has 0 aromatic heterocycles. The number of hydrogen-bond donors (Lipinski definition) is 3. The summed E-state index contributed by atoms with van der Waals surface area (Å²) in [5, 5.41) is 26.4. The van der Waals surface area contributed by atoms with Crippen LogP contribution in [0.1, 0.15) is 12.8 Å². The largest absolute Gasteiger partial charge is 0.460 e. The normalized spacial score (nSPS) is 31.8. The van der Waals surface area contributed by atoms with Gasteiger partial charge in [-0.2, -0.15) is 0 Å². The molecular formula is C7H12O5. The zero-order valence-corrected chi connectivity index (χ0v) is 6.51. The smallest absolute Gasteiger partial charge is 0.335 e. The zero-order chi connectivity index (χ0) is 9.14. The molecule has 3 atom stereocenters. The predicted octanol–water partition coefficient (Wildman–Crippen LogP) is -1.59. The molecule has 0 aromatic carbocycles. The third-order valence-corrected chi connectivity index (χ3v) is 1.79. The van der Waals surface area contributed by atoms with Gasteiger partial charge in [0.2, 0.25) is 0 Å². The molecule has 0 spiro atoms. The number of ether oxygens (including phenoxy) is 1. The molecule has 0 saturated carbocycles. The van der Waals surface area contributed by atoms with Crippen molar-refractivity contribution >= 4 is 5.97 Å². The molecule has 1 saturated heterocycles. The highest BCUT2D eigenvalue weighted by Crippen LogP contribution is 2.18. The molecule has 5 nitrogen and oxygen atoms in total. The van der Waals surface area contributed by atoms with Crippen LogP contribution in [0.2, 0.25) is 0 Å². The fourth-order valence-corrected chi connectivity index (χ4v) is 1.16. The second kappa shape index (κ2) is 3.84. The highest BCUT2D eigenvalue weighted by molar-refractivity contribution is 5.76. The van der Waals surface area contributed by atoms with Crippen molar-refractivity contribution in [3.63, 3.8) is 0 Å². The molecular weight excluding hydrogens is 164 g/mol. The molecule has 1 heterocycles. The zero-order valence-electron chi connectivity index (χ0n) is 6.51. The Kier molecular flexibility index (Phi) is 3.02. The summed E-state index contributed by atoms with van der Waals surface area (Å²) in [6.45, 7) is -0.357. The van der Waals surface area contributed by atoms with E-state index in [1.165, 1.54) is 0 Å². The summed E-state index contributed by atoms with van der Waals surface area (Å²) >= 11 is 0. The summed E-state index contributed by atoms with van der Waals surface area (Å²) in [7, 11) is 0. The Bertz CT molecular complexity index is 169. The van der Waals surface area contributed by atoms with Gasteiger partial charge in [-0.15, -0.1) is 0 Å². The van der Waals surface area contributed by atoms with Gasteiger partial charge < -0.3 is 20.1 Å². The molecule has 0 amide bonds. The molecule has 1 rings (SSSR count). The van der Waals surface area contributed by atoms with Gasteiger partial charge >= 0.3 is 5.97 Å². The topological polar surface area (TPSA) is 87.0 Å². The van der Waals surface area contributed by atoms with Crippen LogP contribution >= 0.6 is 0 Å². The van der Waals surface area contributed by atoms with E-state index in [4.69, 9.17) is 15.3 Å². The van der Waals surface area contributed by atoms with Crippen LogP contribution in [0.4, 0.5) is 0 Å². The van der Waals surface area contributed by atoms with E-state index in [-0.39, 0.29) is 19.4 Å². The van der Waals surface area contributed by atoms with Crippen LogP contribution < -0.4 is 0 Å². The maximum atomic E-state index is 10.6. The van der Waals surface area contributed by atoms with Crippen molar-refractivity contribution in [2.24, 2.45) is 0 Å². The average Bonchev–Trinajstić information content (AvgIpc) is 2.31. The quantitative estimate of drug-likeness (QED) is 0.451. The molecule has 0 aromatic rings. The molecule has 1 aliphatic heterocycles. The van der Waals surface area contributed by atoms with Crippen LogP contribution in [-0.2, 0) is 9.53 Å². The summed E-state index contributed by atoms with van der Waals surface area (Å²) in [6.07, 6.45) is -2.03. The van der Waals surface area contributed by atoms with Gasteiger partial charge in [0, 0.05) is 12.8 Å². The monoisotopic (exact) mass is 176 g/mol. The van der Waals surface area contributed by atoms with E-state index in [9.17, 15) is 4.79 Å². The minimum atomic E-state index is -1.07. The minimum absolute atomic E-state index is 0.180. The lowest BCUT2D eigenvalue weighted by Crippen LogP contribution is -2.20. The summed E-state index contributed by atoms with van der Waals surface area (Å²) in [4.78, 5) is 10.6. The highest BCUT2D eigenvalue weighted by atomic mass is 16.6. The number of cyclic esters (lactones) is 1. The third kappa shape index (κ3) is 2.17. The average molecular weight is 176 g/mol. The molecule has 0 radical (unpaired) electrons. The Balaban J connectivity index is 2.32. The van der Waals surface area contributed by atoms with Gasteiger partial charge in [0.05, 0.1) is 12.7 Å². The molecule has 5 heteroatoms. The number of rotatable bonds is 3. The van der Waals surface area contributed by atoms with E-state index >= 15 is 0 Å². The second-order valence-corrected chi connectivity index (χ2v) is 2.88. The fraction of sp³-hybridized carbons (Fsp3) is 0.857. The molecule has 70 valence electrons. The summed E-state index contributed by atoms with van der Waals surface area (Å²) in [6, 6.07) is 0. The van der Waals surface area contributed by atoms with Crippen molar-refractivity contribution in [2.45, 2.75) is 31.2 Å². The highest BCUT2D eigenvalue weighted by Gasteiger charge is 2.33. The van der Waals surface area contributed by atoms with Crippen LogP contribution in [0.25, 0.3) is 0 Å². The van der Waals surface area contributed by atoms with Gasteiger partial charge in [-0.25, -0.2) is 4.79 Å². The summed E-state index contributed by atoms with van der Waals surface area (Å²) in [5.41, 5.74) is 0. The number of carbonyl (C=O) groups is 1. The predicted molar refractivity (Wildman–Crippen MR) is 38.2 cm³/mol. The van der Waals surface area contributed by atoms with Crippen LogP contribution in [0.5, 0.6) is 0 Å². The van der Waals surface area contributed by atoms with Crippen LogP contribution in [0, 0.1) is 0 Å². The lowest BCUT2D eigenvalue weighted by molar-refractivity contribution is -0.148. The van der Waals surface area contributed by atoms with Gasteiger partial charge in [-0.05, 0) is 0 Å². The Hall–Kier alpha value is -0.650. The molecule has 1 aliphatic rings. The van der Waals surface area contributed by atoms with Crippen molar-refractivity contribution in [3.05, 3.63) is 0 Å². The standard InChI is InChI=1S/C7H12O5/c8-3-4(9)1-5-2-6(10)7(11)12-5/h4-6,8-10H,1-3H2/t4-,5+,6-/m0/s1. The van der Waals surface area contributed by atoms with E-state index in [0.717, 1.165) is 0 Å². The first-order chi connectivity index (χ1) is 5.63. The van der Waals surface area contributed by atoms with Crippen LogP contribution in [0.3, 0.4) is 0 Å². The Morgan fingerprint density at radius 3 is 2.75 bits per heavy atom. The van der Waals surface area contributed by atoms with Gasteiger partial charge in [0.25, 0.3) is 0 Å². The first kappa shape index (κ1) is 9.44. The molecule has 0 aliphatic carbocycles. The Morgan fingerprint density at radius 2 is 2.33 bits per heavy atom. The van der Waals surface area contributed by atoms with Crippen molar-refractivity contribution in [1.82, 2.24) is 0 Å². The summed E-state index contributed by atoms with van der Waals surface area (Å²) in [5.74, 6) is -0.648. The van der Waals surface area contributed by atoms with Gasteiger partial charge in [0.15, 0.2) is 6.10 Å². The van der Waals surface area contributed by atoms with Gasteiger partial charge in [0.1, 0.15) is 6.10 Å². The molecule has 3 N–H and O–H groups in total. The van der Waals surface area contributed by atoms with E-state index in [1.807, 2.05) is 0 Å². The number of carbonyl (C=O) groups excluding carboxylic acids is 1. The lowest BCUT2D eigenvalue weighted by atomic mass is 10.1. The molecule has 0 bridgehead atoms. The molecule has 1 fully saturated rings. The Labute approximate surface area is 69.6 Å². The van der Waals surface area contributed by atoms with Crippen molar-refractivity contribution in [1.29, 1.82) is 0 Å². The minimum Gasteiger partial charge on any atom is -0.460 e. The van der Waals surface area contributed by atoms with E-state index in [0.29, 0.717) is 0 Å². The second-order valence-electron chi connectivity index (χ2n) is 2.88.